The number of Topliss-reactive ketones (excluding diaryl/α,β-unsaturated/α-hetero) is 2. The second kappa shape index (κ2) is 8.47. The minimum atomic E-state index is -2.64. The van der Waals surface area contributed by atoms with Gasteiger partial charge < -0.3 is 31.9 Å². The van der Waals surface area contributed by atoms with Crippen LogP contribution in [0.2, 0.25) is 0 Å². The highest BCUT2D eigenvalue weighted by Gasteiger charge is 2.63. The Morgan fingerprint density at radius 2 is 1.86 bits per heavy atom. The van der Waals surface area contributed by atoms with Crippen LogP contribution in [0, 0.1) is 11.8 Å². The lowest BCUT2D eigenvalue weighted by molar-refractivity contribution is -0.148. The topological polar surface area (TPSA) is 187 Å². The number of rotatable bonds is 5. The fourth-order valence-electron chi connectivity index (χ4n) is 6.11. The van der Waals surface area contributed by atoms with Gasteiger partial charge in [-0.05, 0) is 50.4 Å². The van der Waals surface area contributed by atoms with Gasteiger partial charge in [0, 0.05) is 23.6 Å². The number of aryl methyl sites for hydroxylation is 1. The van der Waals surface area contributed by atoms with Crippen molar-refractivity contribution in [1.82, 2.24) is 4.90 Å². The van der Waals surface area contributed by atoms with E-state index in [1.54, 1.807) is 20.2 Å². The van der Waals surface area contributed by atoms with Crippen LogP contribution in [-0.2, 0) is 29.0 Å². The fraction of sp³-hybridized carbons (Fsp3) is 0.480. The molecule has 0 aliphatic heterocycles. The van der Waals surface area contributed by atoms with E-state index in [4.69, 9.17) is 11.5 Å². The predicted octanol–water partition coefficient (Wildman–Crippen LogP) is 0.532. The van der Waals surface area contributed by atoms with Gasteiger partial charge in [-0.1, -0.05) is 19.4 Å². The number of aromatic hydroxyl groups is 1. The van der Waals surface area contributed by atoms with Gasteiger partial charge >= 0.3 is 0 Å². The number of phenolic OH excluding ortho intramolecular Hbond substituents is 1. The molecular weight excluding hydrogens is 454 g/mol. The first-order chi connectivity index (χ1) is 16.4. The van der Waals surface area contributed by atoms with Crippen molar-refractivity contribution >= 4 is 17.5 Å². The molecule has 10 heteroatoms. The summed E-state index contributed by atoms with van der Waals surface area (Å²) in [5, 5.41) is 44.6. The zero-order chi connectivity index (χ0) is 26.0. The molecule has 0 saturated heterocycles. The number of ketones is 2. The summed E-state index contributed by atoms with van der Waals surface area (Å²) in [6.45, 7) is 1.99. The molecule has 0 spiro atoms. The van der Waals surface area contributed by atoms with Crippen LogP contribution >= 0.6 is 0 Å². The summed E-state index contributed by atoms with van der Waals surface area (Å²) in [7, 11) is 3.19. The van der Waals surface area contributed by atoms with Gasteiger partial charge in [0.2, 0.25) is 5.78 Å². The summed E-state index contributed by atoms with van der Waals surface area (Å²) in [5.41, 5.74) is 9.41. The highest BCUT2D eigenvalue weighted by atomic mass is 16.3. The van der Waals surface area contributed by atoms with E-state index in [0.717, 1.165) is 12.0 Å². The molecule has 0 saturated carbocycles. The molecule has 0 radical (unpaired) electrons. The van der Waals surface area contributed by atoms with Crippen LogP contribution in [0.5, 0.6) is 5.75 Å². The van der Waals surface area contributed by atoms with Gasteiger partial charge in [0.25, 0.3) is 5.91 Å². The lowest BCUT2D eigenvalue weighted by atomic mass is 9.58. The molecule has 8 N–H and O–H groups in total. The molecular formula is C25H31N3O7. The van der Waals surface area contributed by atoms with E-state index in [9.17, 15) is 34.8 Å². The Bertz CT molecular complexity index is 1220. The Balaban J connectivity index is 1.98. The number of amides is 1. The standard InChI is InChI=1S/C25H31N3O7/c1-4-5-10-6-12(9-26)19(29)16-13(10)7-11-8-14-18(28(2)3)21(31)17(24(27)34)23(33)25(14,35)22(32)15(11)20(16)30/h6,11,14,18,29,31-32,35H,4-5,7-9,26H2,1-3H3,(H2,27,34). The van der Waals surface area contributed by atoms with Crippen LogP contribution in [0.15, 0.2) is 28.7 Å². The molecule has 0 heterocycles. The molecule has 3 aliphatic carbocycles. The third kappa shape index (κ3) is 3.31. The van der Waals surface area contributed by atoms with E-state index in [-0.39, 0.29) is 36.3 Å². The quantitative estimate of drug-likeness (QED) is 0.323. The van der Waals surface area contributed by atoms with Gasteiger partial charge in [0.1, 0.15) is 22.8 Å². The van der Waals surface area contributed by atoms with Crippen LogP contribution in [0.4, 0.5) is 0 Å². The number of fused-ring (bicyclic) bond motifs is 3. The average molecular weight is 486 g/mol. The number of carbonyl (C=O) groups is 3. The van der Waals surface area contributed by atoms with Gasteiger partial charge in [-0.15, -0.1) is 0 Å². The van der Waals surface area contributed by atoms with Crippen LogP contribution in [0.25, 0.3) is 0 Å². The number of nitrogens with two attached hydrogens (primary N) is 2. The second-order valence-corrected chi connectivity index (χ2v) is 9.81. The minimum Gasteiger partial charge on any atom is -0.510 e. The van der Waals surface area contributed by atoms with Crippen molar-refractivity contribution in [3.8, 4) is 5.75 Å². The molecule has 35 heavy (non-hydrogen) atoms. The number of aliphatic hydroxyl groups is 3. The molecule has 1 aromatic rings. The summed E-state index contributed by atoms with van der Waals surface area (Å²) in [6, 6.07) is 0.780. The van der Waals surface area contributed by atoms with Crippen molar-refractivity contribution < 1.29 is 34.8 Å². The minimum absolute atomic E-state index is 0.00137. The summed E-state index contributed by atoms with van der Waals surface area (Å²) in [5.74, 6) is -6.55. The van der Waals surface area contributed by atoms with Gasteiger partial charge in [0.05, 0.1) is 11.6 Å². The molecule has 4 atom stereocenters. The Morgan fingerprint density at radius 3 is 2.40 bits per heavy atom. The van der Waals surface area contributed by atoms with Crippen molar-refractivity contribution in [1.29, 1.82) is 0 Å². The highest BCUT2D eigenvalue weighted by molar-refractivity contribution is 6.24. The van der Waals surface area contributed by atoms with Crippen LogP contribution < -0.4 is 11.5 Å². The lowest BCUT2D eigenvalue weighted by Crippen LogP contribution is -2.63. The van der Waals surface area contributed by atoms with E-state index in [1.165, 1.54) is 4.90 Å². The second-order valence-electron chi connectivity index (χ2n) is 9.81. The number of likely N-dealkylation sites (N-methyl/N-ethyl adjacent to an activating group) is 1. The van der Waals surface area contributed by atoms with Crippen molar-refractivity contribution in [2.45, 2.75) is 50.8 Å². The number of hydrogen-bond donors (Lipinski definition) is 6. The van der Waals surface area contributed by atoms with Crippen molar-refractivity contribution in [3.05, 3.63) is 51.0 Å². The Labute approximate surface area is 202 Å². The molecule has 3 aliphatic rings. The molecule has 4 unspecified atom stereocenters. The SMILES string of the molecule is CCCc1cc(CN)c(O)c2c1CC1CC3C(N(C)C)C(O)=C(C(N)=O)C(=O)C3(O)C(O)=C1C2=O. The van der Waals surface area contributed by atoms with E-state index in [2.05, 4.69) is 0 Å². The zero-order valence-corrected chi connectivity index (χ0v) is 20.0. The smallest absolute Gasteiger partial charge is 0.255 e. The van der Waals surface area contributed by atoms with Gasteiger partial charge in [-0.25, -0.2) is 0 Å². The van der Waals surface area contributed by atoms with E-state index >= 15 is 0 Å². The number of allylic oxidation sites excluding steroid dienone is 1. The van der Waals surface area contributed by atoms with Crippen LogP contribution in [0.3, 0.4) is 0 Å². The first-order valence-electron chi connectivity index (χ1n) is 11.6. The number of carbonyl (C=O) groups excluding carboxylic acids is 3. The number of primary amides is 1. The van der Waals surface area contributed by atoms with E-state index in [1.807, 2.05) is 6.92 Å². The van der Waals surface area contributed by atoms with Gasteiger partial charge in [-0.2, -0.15) is 0 Å². The fourth-order valence-corrected chi connectivity index (χ4v) is 6.11. The van der Waals surface area contributed by atoms with Crippen LogP contribution in [0.1, 0.15) is 46.8 Å². The van der Waals surface area contributed by atoms with Gasteiger partial charge in [-0.3, -0.25) is 19.3 Å². The number of aliphatic hydroxyl groups excluding tert-OH is 2. The van der Waals surface area contributed by atoms with Gasteiger partial charge in [0.15, 0.2) is 11.4 Å². The van der Waals surface area contributed by atoms with E-state index in [0.29, 0.717) is 17.5 Å². The zero-order valence-electron chi connectivity index (χ0n) is 20.0. The summed E-state index contributed by atoms with van der Waals surface area (Å²) >= 11 is 0. The summed E-state index contributed by atoms with van der Waals surface area (Å²) in [4.78, 5) is 40.6. The molecule has 1 amide bonds. The maximum absolute atomic E-state index is 13.7. The number of phenols is 1. The highest BCUT2D eigenvalue weighted by Crippen LogP contribution is 2.52. The molecule has 188 valence electrons. The number of nitrogens with zero attached hydrogens (tertiary/aromatic N) is 1. The summed E-state index contributed by atoms with van der Waals surface area (Å²) in [6.07, 6.45) is 1.79. The number of hydrogen-bond acceptors (Lipinski definition) is 9. The number of benzene rings is 1. The first-order valence-corrected chi connectivity index (χ1v) is 11.6. The molecule has 4 rings (SSSR count). The van der Waals surface area contributed by atoms with E-state index < -0.39 is 58.0 Å². The Kier molecular flexibility index (Phi) is 6.03. The molecule has 0 bridgehead atoms. The van der Waals surface area contributed by atoms with Crippen LogP contribution in [-0.4, -0.2) is 68.5 Å². The van der Waals surface area contributed by atoms with Crippen molar-refractivity contribution in [2.24, 2.45) is 23.3 Å². The maximum Gasteiger partial charge on any atom is 0.255 e. The third-order valence-corrected chi connectivity index (χ3v) is 7.63. The first kappa shape index (κ1) is 24.9. The Hall–Kier alpha value is -3.21. The van der Waals surface area contributed by atoms with Crippen molar-refractivity contribution in [3.63, 3.8) is 0 Å². The van der Waals surface area contributed by atoms with Crippen molar-refractivity contribution in [2.75, 3.05) is 14.1 Å². The lowest BCUT2D eigenvalue weighted by Gasteiger charge is -2.50. The summed E-state index contributed by atoms with van der Waals surface area (Å²) < 4.78 is 0. The average Bonchev–Trinajstić information content (AvgIpc) is 2.77. The maximum atomic E-state index is 13.7. The third-order valence-electron chi connectivity index (χ3n) is 7.63. The predicted molar refractivity (Wildman–Crippen MR) is 126 cm³/mol. The monoisotopic (exact) mass is 485 g/mol. The molecule has 0 fully saturated rings. The molecule has 1 aromatic carbocycles. The molecule has 10 nitrogen and oxygen atoms in total. The molecule has 0 aromatic heterocycles. The Morgan fingerprint density at radius 1 is 1.20 bits per heavy atom. The normalized spacial score (nSPS) is 28.2. The largest absolute Gasteiger partial charge is 0.510 e.